The van der Waals surface area contributed by atoms with Gasteiger partial charge in [0.2, 0.25) is 5.91 Å². The van der Waals surface area contributed by atoms with Crippen molar-refractivity contribution in [2.45, 2.75) is 32.1 Å². The molecule has 0 bridgehead atoms. The van der Waals surface area contributed by atoms with Crippen LogP contribution in [0.5, 0.6) is 5.75 Å². The standard InChI is InChI=1S/C26H30FN3O3/c27-21-10-7-9-20(17-21)18-24-26(32)30(22-11-3-4-12-23(22)33-24)19-25(31)28-13-8-16-29-14-5-1-2-6-15-29/h3-4,7,9-12,17-18H,1-2,5-6,8,13-16,19H2,(H,28,31). The molecule has 2 aliphatic heterocycles. The number of amides is 2. The highest BCUT2D eigenvalue weighted by Crippen LogP contribution is 2.35. The molecule has 2 aromatic carbocycles. The van der Waals surface area contributed by atoms with Gasteiger partial charge in [0.25, 0.3) is 5.91 Å². The molecule has 174 valence electrons. The van der Waals surface area contributed by atoms with E-state index in [1.807, 2.05) is 0 Å². The molecule has 0 saturated carbocycles. The van der Waals surface area contributed by atoms with E-state index in [2.05, 4.69) is 10.2 Å². The number of halogens is 1. The predicted molar refractivity (Wildman–Crippen MR) is 126 cm³/mol. The van der Waals surface area contributed by atoms with Gasteiger partial charge in [-0.15, -0.1) is 0 Å². The number of nitrogens with zero attached hydrogens (tertiary/aromatic N) is 2. The van der Waals surface area contributed by atoms with Crippen molar-refractivity contribution < 1.29 is 18.7 Å². The topological polar surface area (TPSA) is 61.9 Å². The van der Waals surface area contributed by atoms with Crippen molar-refractivity contribution in [2.24, 2.45) is 0 Å². The van der Waals surface area contributed by atoms with Crippen LogP contribution in [0.15, 0.2) is 54.3 Å². The Kier molecular flexibility index (Phi) is 7.73. The minimum atomic E-state index is -0.433. The van der Waals surface area contributed by atoms with Gasteiger partial charge in [-0.05, 0) is 74.8 Å². The summed E-state index contributed by atoms with van der Waals surface area (Å²) >= 11 is 0. The Morgan fingerprint density at radius 3 is 2.64 bits per heavy atom. The maximum absolute atomic E-state index is 13.6. The lowest BCUT2D eigenvalue weighted by Crippen LogP contribution is -2.44. The number of hydrogen-bond donors (Lipinski definition) is 1. The number of hydrogen-bond acceptors (Lipinski definition) is 4. The summed E-state index contributed by atoms with van der Waals surface area (Å²) in [5, 5.41) is 2.94. The average molecular weight is 452 g/mol. The summed E-state index contributed by atoms with van der Waals surface area (Å²) in [5.74, 6) is -0.523. The molecule has 2 heterocycles. The Labute approximate surface area is 194 Å². The van der Waals surface area contributed by atoms with Gasteiger partial charge in [0.15, 0.2) is 11.5 Å². The number of benzene rings is 2. The molecule has 0 spiro atoms. The van der Waals surface area contributed by atoms with E-state index >= 15 is 0 Å². The molecule has 1 saturated heterocycles. The van der Waals surface area contributed by atoms with Gasteiger partial charge in [0.1, 0.15) is 12.4 Å². The minimum Gasteiger partial charge on any atom is -0.449 e. The van der Waals surface area contributed by atoms with Gasteiger partial charge in [0.05, 0.1) is 5.69 Å². The second-order valence-electron chi connectivity index (χ2n) is 8.48. The van der Waals surface area contributed by atoms with E-state index in [1.165, 1.54) is 48.8 Å². The summed E-state index contributed by atoms with van der Waals surface area (Å²) in [6.45, 7) is 3.70. The molecule has 0 atom stereocenters. The molecule has 0 radical (unpaired) electrons. The van der Waals surface area contributed by atoms with Crippen molar-refractivity contribution in [3.8, 4) is 5.75 Å². The second-order valence-corrected chi connectivity index (χ2v) is 8.48. The Morgan fingerprint density at radius 2 is 1.85 bits per heavy atom. The molecule has 1 N–H and O–H groups in total. The molecule has 6 nitrogen and oxygen atoms in total. The van der Waals surface area contributed by atoms with Crippen molar-refractivity contribution in [1.82, 2.24) is 10.2 Å². The Bertz CT molecular complexity index is 1020. The lowest BCUT2D eigenvalue weighted by atomic mass is 10.1. The highest BCUT2D eigenvalue weighted by atomic mass is 19.1. The molecule has 2 aromatic rings. The molecule has 7 heteroatoms. The van der Waals surface area contributed by atoms with E-state index in [4.69, 9.17) is 4.74 Å². The number of carbonyl (C=O) groups excluding carboxylic acids is 2. The van der Waals surface area contributed by atoms with Crippen LogP contribution < -0.4 is 15.0 Å². The van der Waals surface area contributed by atoms with Crippen LogP contribution in [0.25, 0.3) is 6.08 Å². The third-order valence-corrected chi connectivity index (χ3v) is 5.95. The van der Waals surface area contributed by atoms with E-state index in [0.717, 1.165) is 26.1 Å². The van der Waals surface area contributed by atoms with Crippen molar-refractivity contribution in [2.75, 3.05) is 37.6 Å². The molecular weight excluding hydrogens is 421 g/mol. The average Bonchev–Trinajstić information content (AvgIpc) is 3.08. The SMILES string of the molecule is O=C(CN1C(=O)C(=Cc2cccc(F)c2)Oc2ccccc21)NCCCN1CCCCCC1. The van der Waals surface area contributed by atoms with Gasteiger partial charge in [-0.1, -0.05) is 37.1 Å². The molecule has 2 aliphatic rings. The van der Waals surface area contributed by atoms with E-state index in [9.17, 15) is 14.0 Å². The van der Waals surface area contributed by atoms with Crippen LogP contribution in [0.3, 0.4) is 0 Å². The zero-order valence-corrected chi connectivity index (χ0v) is 18.8. The summed E-state index contributed by atoms with van der Waals surface area (Å²) in [6, 6.07) is 13.0. The van der Waals surface area contributed by atoms with Crippen LogP contribution in [-0.4, -0.2) is 49.4 Å². The van der Waals surface area contributed by atoms with Gasteiger partial charge in [-0.2, -0.15) is 0 Å². The Hall–Kier alpha value is -3.19. The van der Waals surface area contributed by atoms with Crippen LogP contribution >= 0.6 is 0 Å². The predicted octanol–water partition coefficient (Wildman–Crippen LogP) is 3.97. The van der Waals surface area contributed by atoms with Crippen LogP contribution in [0, 0.1) is 5.82 Å². The van der Waals surface area contributed by atoms with E-state index < -0.39 is 11.7 Å². The number of likely N-dealkylation sites (tertiary alicyclic amines) is 1. The number of rotatable bonds is 7. The first-order valence-electron chi connectivity index (χ1n) is 11.7. The van der Waals surface area contributed by atoms with Gasteiger partial charge >= 0.3 is 0 Å². The van der Waals surface area contributed by atoms with Crippen LogP contribution in [0.2, 0.25) is 0 Å². The number of ether oxygens (including phenoxy) is 1. The summed E-state index contributed by atoms with van der Waals surface area (Å²) in [6.07, 6.45) is 7.47. The zero-order valence-electron chi connectivity index (χ0n) is 18.8. The van der Waals surface area contributed by atoms with Crippen molar-refractivity contribution in [3.05, 3.63) is 65.7 Å². The summed E-state index contributed by atoms with van der Waals surface area (Å²) in [4.78, 5) is 29.7. The Morgan fingerprint density at radius 1 is 1.06 bits per heavy atom. The van der Waals surface area contributed by atoms with E-state index in [-0.39, 0.29) is 18.2 Å². The fraction of sp³-hybridized carbons (Fsp3) is 0.385. The van der Waals surface area contributed by atoms with Gasteiger partial charge in [-0.25, -0.2) is 4.39 Å². The summed E-state index contributed by atoms with van der Waals surface area (Å²) < 4.78 is 19.4. The normalized spacial score (nSPS) is 17.9. The Balaban J connectivity index is 1.39. The van der Waals surface area contributed by atoms with Gasteiger partial charge < -0.3 is 15.0 Å². The molecule has 2 amide bonds. The molecule has 1 fully saturated rings. The lowest BCUT2D eigenvalue weighted by Gasteiger charge is -2.30. The first-order valence-corrected chi connectivity index (χ1v) is 11.7. The molecular formula is C26H30FN3O3. The molecule has 0 unspecified atom stereocenters. The zero-order chi connectivity index (χ0) is 23.0. The highest BCUT2D eigenvalue weighted by Gasteiger charge is 2.31. The van der Waals surface area contributed by atoms with Gasteiger partial charge in [-0.3, -0.25) is 14.5 Å². The van der Waals surface area contributed by atoms with E-state index in [0.29, 0.717) is 23.5 Å². The molecule has 0 aromatic heterocycles. The number of fused-ring (bicyclic) bond motifs is 1. The maximum atomic E-state index is 13.6. The molecule has 0 aliphatic carbocycles. The van der Waals surface area contributed by atoms with Crippen molar-refractivity contribution in [3.63, 3.8) is 0 Å². The van der Waals surface area contributed by atoms with Gasteiger partial charge in [0, 0.05) is 6.54 Å². The van der Waals surface area contributed by atoms with Crippen molar-refractivity contribution >= 4 is 23.6 Å². The maximum Gasteiger partial charge on any atom is 0.294 e. The summed E-state index contributed by atoms with van der Waals surface area (Å²) in [7, 11) is 0. The smallest absolute Gasteiger partial charge is 0.294 e. The molecule has 33 heavy (non-hydrogen) atoms. The quantitative estimate of drug-likeness (QED) is 0.511. The van der Waals surface area contributed by atoms with E-state index in [1.54, 1.807) is 36.4 Å². The fourth-order valence-electron chi connectivity index (χ4n) is 4.26. The minimum absolute atomic E-state index is 0.0493. The third-order valence-electron chi connectivity index (χ3n) is 5.95. The number of carbonyl (C=O) groups is 2. The first kappa shape index (κ1) is 23.0. The van der Waals surface area contributed by atoms with Crippen LogP contribution in [-0.2, 0) is 9.59 Å². The van der Waals surface area contributed by atoms with Crippen LogP contribution in [0.4, 0.5) is 10.1 Å². The number of anilines is 1. The highest BCUT2D eigenvalue weighted by molar-refractivity contribution is 6.12. The third kappa shape index (κ3) is 6.20. The lowest BCUT2D eigenvalue weighted by molar-refractivity contribution is -0.123. The summed E-state index contributed by atoms with van der Waals surface area (Å²) in [5.41, 5.74) is 1.05. The largest absolute Gasteiger partial charge is 0.449 e. The van der Waals surface area contributed by atoms with Crippen molar-refractivity contribution in [1.29, 1.82) is 0 Å². The number of para-hydroxylation sites is 2. The molecule has 4 rings (SSSR count). The first-order chi connectivity index (χ1) is 16.1. The van der Waals surface area contributed by atoms with Crippen LogP contribution in [0.1, 0.15) is 37.7 Å². The fourth-order valence-corrected chi connectivity index (χ4v) is 4.26. The monoisotopic (exact) mass is 451 g/mol. The number of nitrogens with one attached hydrogen (secondary N) is 1. The second kappa shape index (κ2) is 11.1.